The smallest absolute Gasteiger partial charge is 0.366 e. The molecule has 4 heterocycles. The van der Waals surface area contributed by atoms with Crippen molar-refractivity contribution in [3.8, 4) is 0 Å². The topological polar surface area (TPSA) is 60.0 Å². The van der Waals surface area contributed by atoms with E-state index in [9.17, 15) is 49.1 Å². The number of amides is 2. The summed E-state index contributed by atoms with van der Waals surface area (Å²) in [6.07, 6.45) is -12.6. The quantitative estimate of drug-likeness (QED) is 0.138. The Morgan fingerprint density at radius 1 is 0.656 bits per heavy atom. The van der Waals surface area contributed by atoms with Gasteiger partial charge in [-0.25, -0.2) is 4.98 Å². The van der Waals surface area contributed by atoms with Gasteiger partial charge in [0.15, 0.2) is 5.01 Å². The van der Waals surface area contributed by atoms with Gasteiger partial charge in [-0.2, -0.15) is 39.5 Å². The fraction of sp³-hybridized carbons (Fsp3) is 0.341. The summed E-state index contributed by atoms with van der Waals surface area (Å²) in [5, 5.41) is 2.17. The maximum atomic E-state index is 14.1. The summed E-state index contributed by atoms with van der Waals surface area (Å²) in [7, 11) is 0. The number of benzene rings is 4. The van der Waals surface area contributed by atoms with Crippen LogP contribution < -0.4 is 4.90 Å². The van der Waals surface area contributed by atoms with Crippen molar-refractivity contribution in [2.75, 3.05) is 50.7 Å². The lowest BCUT2D eigenvalue weighted by Gasteiger charge is -2.48. The number of likely N-dealkylation sites (tertiary alicyclic amines) is 1. The van der Waals surface area contributed by atoms with Crippen LogP contribution in [0.25, 0.3) is 0 Å². The molecule has 2 fully saturated rings. The first-order chi connectivity index (χ1) is 28.9. The Morgan fingerprint density at radius 3 is 1.72 bits per heavy atom. The number of nitrogens with zero attached hydrogens (tertiary/aromatic N) is 5. The highest BCUT2D eigenvalue weighted by atomic mass is 32.1. The molecule has 1 aromatic heterocycles. The number of hydrogen-bond donors (Lipinski definition) is 0. The molecule has 7 nitrogen and oxygen atoms in total. The molecule has 5 aromatic rings. The van der Waals surface area contributed by atoms with Crippen molar-refractivity contribution in [1.29, 1.82) is 0 Å². The first kappa shape index (κ1) is 42.3. The molecule has 0 N–H and O–H groups in total. The van der Waals surface area contributed by atoms with Gasteiger partial charge < -0.3 is 14.7 Å². The Balaban J connectivity index is 1.12. The van der Waals surface area contributed by atoms with Crippen molar-refractivity contribution in [3.05, 3.63) is 152 Å². The van der Waals surface area contributed by atoms with E-state index in [1.807, 2.05) is 0 Å². The Morgan fingerprint density at radius 2 is 1.20 bits per heavy atom. The van der Waals surface area contributed by atoms with Crippen LogP contribution in [0.4, 0.5) is 45.2 Å². The van der Waals surface area contributed by atoms with Crippen LogP contribution in [-0.2, 0) is 43.3 Å². The van der Waals surface area contributed by atoms with Gasteiger partial charge in [-0.1, -0.05) is 48.5 Å². The lowest BCUT2D eigenvalue weighted by atomic mass is 9.72. The largest absolute Gasteiger partial charge is 0.416 e. The molecule has 3 aliphatic rings. The predicted molar refractivity (Wildman–Crippen MR) is 210 cm³/mol. The highest BCUT2D eigenvalue weighted by molar-refractivity contribution is 7.11. The van der Waals surface area contributed by atoms with Gasteiger partial charge in [0.25, 0.3) is 11.8 Å². The molecule has 8 rings (SSSR count). The third-order valence-electron chi connectivity index (χ3n) is 11.8. The van der Waals surface area contributed by atoms with Crippen LogP contribution >= 0.6 is 11.3 Å². The summed E-state index contributed by atoms with van der Waals surface area (Å²) >= 11 is 1.28. The number of halogens is 9. The van der Waals surface area contributed by atoms with Crippen molar-refractivity contribution >= 4 is 28.8 Å². The number of carbonyl (C=O) groups excluding carboxylic acids is 2. The number of hydrogen-bond acceptors (Lipinski definition) is 6. The number of rotatable bonds is 9. The number of thiazole rings is 1. The van der Waals surface area contributed by atoms with Crippen molar-refractivity contribution < 1.29 is 49.1 Å². The molecule has 0 bridgehead atoms. The zero-order valence-electron chi connectivity index (χ0n) is 32.3. The summed E-state index contributed by atoms with van der Waals surface area (Å²) in [6.45, 7) is 2.97. The number of alkyl halides is 9. The minimum absolute atomic E-state index is 0.00549. The summed E-state index contributed by atoms with van der Waals surface area (Å²) in [5.41, 5.74) is -1.93. The number of anilines is 1. The van der Waals surface area contributed by atoms with Gasteiger partial charge in [0.2, 0.25) is 0 Å². The van der Waals surface area contributed by atoms with Crippen LogP contribution in [0.5, 0.6) is 0 Å². The second-order valence-corrected chi connectivity index (χ2v) is 16.7. The summed E-state index contributed by atoms with van der Waals surface area (Å²) < 4.78 is 125. The second kappa shape index (κ2) is 16.1. The Hall–Kier alpha value is -5.42. The fourth-order valence-corrected chi connectivity index (χ4v) is 9.37. The van der Waals surface area contributed by atoms with Crippen molar-refractivity contribution in [1.82, 2.24) is 19.7 Å². The number of piperazine rings is 1. The van der Waals surface area contributed by atoms with Gasteiger partial charge in [0.05, 0.1) is 16.7 Å². The average molecular weight is 872 g/mol. The lowest BCUT2D eigenvalue weighted by Crippen LogP contribution is -2.64. The SMILES string of the molecule is O=C(c1ccc2c(c1)C(Cc1cccc(C(F)(F)F)c1)(Cc1cccc(C(F)(F)F)c1)CN2Cc1cccc(C(F)(F)F)c1)N1CC(N2CCN(C(=O)c3nccs3)CC2)C1. The number of fused-ring (bicyclic) bond motifs is 1. The van der Waals surface area contributed by atoms with Gasteiger partial charge in [0, 0.05) is 86.6 Å². The van der Waals surface area contributed by atoms with E-state index in [0.29, 0.717) is 55.5 Å². The molecule has 0 aliphatic carbocycles. The molecule has 320 valence electrons. The highest BCUT2D eigenvalue weighted by Crippen LogP contribution is 2.47. The summed E-state index contributed by atoms with van der Waals surface area (Å²) in [4.78, 5) is 38.5. The van der Waals surface area contributed by atoms with Crippen molar-refractivity contribution in [2.45, 2.75) is 49.4 Å². The molecule has 4 aromatic carbocycles. The third kappa shape index (κ3) is 8.99. The van der Waals surface area contributed by atoms with E-state index in [4.69, 9.17) is 0 Å². The monoisotopic (exact) mass is 871 g/mol. The van der Waals surface area contributed by atoms with Crippen molar-refractivity contribution in [2.24, 2.45) is 0 Å². The van der Waals surface area contributed by atoms with Crippen LogP contribution in [0.15, 0.2) is 103 Å². The molecule has 2 saturated heterocycles. The van der Waals surface area contributed by atoms with Gasteiger partial charge in [-0.15, -0.1) is 11.3 Å². The second-order valence-electron chi connectivity index (χ2n) is 15.8. The van der Waals surface area contributed by atoms with E-state index in [2.05, 4.69) is 9.88 Å². The Labute approximate surface area is 349 Å². The van der Waals surface area contributed by atoms with E-state index in [0.717, 1.165) is 36.4 Å². The average Bonchev–Trinajstić information content (AvgIpc) is 3.84. The first-order valence-corrected chi connectivity index (χ1v) is 20.3. The molecular formula is C44H38F9N5O2S. The third-order valence-corrected chi connectivity index (χ3v) is 12.5. The van der Waals surface area contributed by atoms with E-state index in [1.54, 1.807) is 44.5 Å². The zero-order chi connectivity index (χ0) is 43.3. The Bertz CT molecular complexity index is 2340. The van der Waals surface area contributed by atoms with Crippen LogP contribution in [0.2, 0.25) is 0 Å². The molecule has 2 amide bonds. The maximum absolute atomic E-state index is 14.1. The van der Waals surface area contributed by atoms with E-state index >= 15 is 0 Å². The normalized spacial score (nSPS) is 17.4. The molecular weight excluding hydrogens is 834 g/mol. The first-order valence-electron chi connectivity index (χ1n) is 19.5. The van der Waals surface area contributed by atoms with E-state index in [1.165, 1.54) is 47.7 Å². The minimum Gasteiger partial charge on any atom is -0.366 e. The van der Waals surface area contributed by atoms with Crippen LogP contribution in [0.3, 0.4) is 0 Å². The van der Waals surface area contributed by atoms with Crippen molar-refractivity contribution in [3.63, 3.8) is 0 Å². The van der Waals surface area contributed by atoms with Crippen LogP contribution in [-0.4, -0.2) is 83.4 Å². The highest BCUT2D eigenvalue weighted by Gasteiger charge is 2.45. The molecule has 17 heteroatoms. The molecule has 61 heavy (non-hydrogen) atoms. The predicted octanol–water partition coefficient (Wildman–Crippen LogP) is 9.23. The number of carbonyl (C=O) groups is 2. The lowest BCUT2D eigenvalue weighted by molar-refractivity contribution is -0.138. The van der Waals surface area contributed by atoms with E-state index in [-0.39, 0.29) is 66.0 Å². The van der Waals surface area contributed by atoms with Gasteiger partial charge in [-0.3, -0.25) is 14.5 Å². The summed E-state index contributed by atoms with van der Waals surface area (Å²) in [6, 6.07) is 19.0. The number of aromatic nitrogens is 1. The molecule has 0 unspecified atom stereocenters. The molecule has 3 aliphatic heterocycles. The van der Waals surface area contributed by atoms with Crippen LogP contribution in [0, 0.1) is 0 Å². The molecule has 0 saturated carbocycles. The van der Waals surface area contributed by atoms with Gasteiger partial charge >= 0.3 is 18.5 Å². The van der Waals surface area contributed by atoms with Gasteiger partial charge in [0.1, 0.15) is 0 Å². The summed E-state index contributed by atoms with van der Waals surface area (Å²) in [5.74, 6) is -0.442. The zero-order valence-corrected chi connectivity index (χ0v) is 33.1. The molecule has 0 spiro atoms. The Kier molecular flexibility index (Phi) is 11.2. The fourth-order valence-electron chi connectivity index (χ4n) is 8.76. The maximum Gasteiger partial charge on any atom is 0.416 e. The molecule has 0 atom stereocenters. The van der Waals surface area contributed by atoms with E-state index < -0.39 is 40.6 Å². The van der Waals surface area contributed by atoms with Crippen LogP contribution in [0.1, 0.15) is 59.1 Å². The minimum atomic E-state index is -4.69. The molecule has 0 radical (unpaired) electrons. The van der Waals surface area contributed by atoms with Gasteiger partial charge in [-0.05, 0) is 77.6 Å². The standard InChI is InChI=1S/C44H38F9N5O2S/c45-42(46,47)32-7-1-4-28(18-32)22-41(23-29-5-2-8-33(19-29)43(48,49)50)27-58(24-30-6-3-9-34(20-30)44(51,52)53)37-11-10-31(21-36(37)41)39(59)57-25-35(26-57)55-13-15-56(16-14-55)40(60)38-54-12-17-61-38/h1-12,17-21,35H,13-16,22-27H2.